The molecule has 1 aromatic heterocycles. The van der Waals surface area contributed by atoms with Crippen LogP contribution in [0.25, 0.3) is 0 Å². The lowest BCUT2D eigenvalue weighted by Gasteiger charge is -2.49. The molecule has 1 aromatic rings. The van der Waals surface area contributed by atoms with Gasteiger partial charge >= 0.3 is 0 Å². The first kappa shape index (κ1) is 16.0. The Morgan fingerprint density at radius 1 is 1.45 bits per heavy atom. The Balaban J connectivity index is 2.13. The molecule has 0 bridgehead atoms. The lowest BCUT2D eigenvalue weighted by atomic mass is 9.78. The van der Waals surface area contributed by atoms with Crippen LogP contribution in [0.1, 0.15) is 44.4 Å². The second-order valence-electron chi connectivity index (χ2n) is 6.16. The van der Waals surface area contributed by atoms with Crippen LogP contribution in [-0.2, 0) is 11.3 Å². The maximum Gasteiger partial charge on any atom is 0.0572 e. The maximum atomic E-state index is 6.21. The Morgan fingerprint density at radius 2 is 2.15 bits per heavy atom. The highest BCUT2D eigenvalue weighted by molar-refractivity contribution is 7.09. The van der Waals surface area contributed by atoms with Crippen LogP contribution in [0.4, 0.5) is 0 Å². The van der Waals surface area contributed by atoms with Crippen molar-refractivity contribution >= 4 is 11.3 Å². The molecule has 0 spiro atoms. The molecular weight excluding hydrogens is 268 g/mol. The first-order valence-electron chi connectivity index (χ1n) is 7.63. The van der Waals surface area contributed by atoms with Gasteiger partial charge in [-0.15, -0.1) is 11.3 Å². The summed E-state index contributed by atoms with van der Waals surface area (Å²) < 4.78 is 5.52. The van der Waals surface area contributed by atoms with E-state index in [4.69, 9.17) is 10.5 Å². The number of methoxy groups -OCH3 is 1. The predicted octanol–water partition coefficient (Wildman–Crippen LogP) is 3.25. The van der Waals surface area contributed by atoms with Crippen LogP contribution in [0.15, 0.2) is 17.5 Å². The smallest absolute Gasteiger partial charge is 0.0572 e. The number of thiophene rings is 1. The zero-order valence-corrected chi connectivity index (χ0v) is 13.8. The largest absolute Gasteiger partial charge is 0.381 e. The van der Waals surface area contributed by atoms with Crippen LogP contribution >= 0.6 is 11.3 Å². The number of rotatable bonds is 6. The lowest BCUT2D eigenvalue weighted by molar-refractivity contribution is -0.0242. The molecule has 0 atom stereocenters. The second-order valence-corrected chi connectivity index (χ2v) is 7.20. The monoisotopic (exact) mass is 296 g/mol. The fourth-order valence-corrected chi connectivity index (χ4v) is 4.14. The van der Waals surface area contributed by atoms with Crippen LogP contribution in [-0.4, -0.2) is 36.2 Å². The first-order valence-corrected chi connectivity index (χ1v) is 8.51. The average Bonchev–Trinajstić information content (AvgIpc) is 2.98. The van der Waals surface area contributed by atoms with Gasteiger partial charge in [0.25, 0.3) is 0 Å². The third-order valence-corrected chi connectivity index (χ3v) is 5.58. The van der Waals surface area contributed by atoms with E-state index in [1.807, 2.05) is 18.4 Å². The predicted molar refractivity (Wildman–Crippen MR) is 86.0 cm³/mol. The fourth-order valence-electron chi connectivity index (χ4n) is 3.44. The molecule has 0 aliphatic heterocycles. The van der Waals surface area contributed by atoms with Crippen LogP contribution in [0.3, 0.4) is 0 Å². The third kappa shape index (κ3) is 3.42. The molecule has 20 heavy (non-hydrogen) atoms. The molecule has 1 aliphatic rings. The van der Waals surface area contributed by atoms with Crippen molar-refractivity contribution in [3.8, 4) is 0 Å². The van der Waals surface area contributed by atoms with Gasteiger partial charge in [-0.05, 0) is 51.0 Å². The summed E-state index contributed by atoms with van der Waals surface area (Å²) in [4.78, 5) is 4.05. The van der Waals surface area contributed by atoms with Gasteiger partial charge in [-0.1, -0.05) is 6.07 Å². The minimum atomic E-state index is 0.146. The normalized spacial score (nSPS) is 27.4. The van der Waals surface area contributed by atoms with E-state index >= 15 is 0 Å². The Labute approximate surface area is 127 Å². The van der Waals surface area contributed by atoms with Crippen molar-refractivity contribution in [2.75, 3.05) is 13.7 Å². The SMILES string of the molecule is COC1CCC(CN)(N(Cc2cccs2)C(C)C)CC1. The highest BCUT2D eigenvalue weighted by Gasteiger charge is 2.40. The highest BCUT2D eigenvalue weighted by atomic mass is 32.1. The van der Waals surface area contributed by atoms with Crippen molar-refractivity contribution in [3.63, 3.8) is 0 Å². The molecule has 0 amide bonds. The van der Waals surface area contributed by atoms with E-state index in [0.29, 0.717) is 12.1 Å². The van der Waals surface area contributed by atoms with Crippen LogP contribution in [0.2, 0.25) is 0 Å². The summed E-state index contributed by atoms with van der Waals surface area (Å²) in [6.45, 7) is 6.33. The average molecular weight is 296 g/mol. The molecule has 2 rings (SSSR count). The van der Waals surface area contributed by atoms with Crippen LogP contribution in [0, 0.1) is 0 Å². The number of nitrogens with zero attached hydrogens (tertiary/aromatic N) is 1. The van der Waals surface area contributed by atoms with E-state index < -0.39 is 0 Å². The summed E-state index contributed by atoms with van der Waals surface area (Å²) in [5.74, 6) is 0. The summed E-state index contributed by atoms with van der Waals surface area (Å²) >= 11 is 1.84. The Kier molecular flexibility index (Phi) is 5.61. The van der Waals surface area contributed by atoms with E-state index in [9.17, 15) is 0 Å². The van der Waals surface area contributed by atoms with Crippen molar-refractivity contribution in [1.29, 1.82) is 0 Å². The molecule has 1 fully saturated rings. The molecule has 3 nitrogen and oxygen atoms in total. The van der Waals surface area contributed by atoms with Crippen molar-refractivity contribution in [2.45, 2.75) is 63.8 Å². The number of ether oxygens (including phenoxy) is 1. The van der Waals surface area contributed by atoms with Gasteiger partial charge < -0.3 is 10.5 Å². The Bertz CT molecular complexity index is 383. The Morgan fingerprint density at radius 3 is 2.60 bits per heavy atom. The van der Waals surface area contributed by atoms with Gasteiger partial charge in [-0.3, -0.25) is 4.90 Å². The number of nitrogens with two attached hydrogens (primary N) is 1. The van der Waals surface area contributed by atoms with Crippen molar-refractivity contribution in [2.24, 2.45) is 5.73 Å². The molecule has 2 N–H and O–H groups in total. The highest BCUT2D eigenvalue weighted by Crippen LogP contribution is 2.36. The van der Waals surface area contributed by atoms with Gasteiger partial charge in [-0.2, -0.15) is 0 Å². The molecule has 0 aromatic carbocycles. The zero-order valence-electron chi connectivity index (χ0n) is 13.0. The van der Waals surface area contributed by atoms with E-state index in [1.165, 1.54) is 4.88 Å². The zero-order chi connectivity index (χ0) is 14.6. The van der Waals surface area contributed by atoms with Gasteiger partial charge in [0.2, 0.25) is 0 Å². The molecule has 0 radical (unpaired) electrons. The quantitative estimate of drug-likeness (QED) is 0.876. The first-order chi connectivity index (χ1) is 9.61. The molecule has 0 unspecified atom stereocenters. The minimum Gasteiger partial charge on any atom is -0.381 e. The van der Waals surface area contributed by atoms with E-state index in [1.54, 1.807) is 0 Å². The summed E-state index contributed by atoms with van der Waals surface area (Å²) in [5.41, 5.74) is 6.36. The fraction of sp³-hybridized carbons (Fsp3) is 0.750. The third-order valence-electron chi connectivity index (χ3n) is 4.72. The summed E-state index contributed by atoms with van der Waals surface area (Å²) in [7, 11) is 1.83. The second kappa shape index (κ2) is 7.03. The van der Waals surface area contributed by atoms with Crippen LogP contribution < -0.4 is 5.73 Å². The van der Waals surface area contributed by atoms with Gasteiger partial charge in [0.15, 0.2) is 0 Å². The standard InChI is InChI=1S/C16H28N2OS/c1-13(2)18(11-15-5-4-10-20-15)16(12-17)8-6-14(19-3)7-9-16/h4-5,10,13-14H,6-9,11-12,17H2,1-3H3. The van der Waals surface area contributed by atoms with E-state index in [2.05, 4.69) is 36.3 Å². The van der Waals surface area contributed by atoms with Gasteiger partial charge in [0.1, 0.15) is 0 Å². The van der Waals surface area contributed by atoms with Gasteiger partial charge in [0, 0.05) is 36.7 Å². The minimum absolute atomic E-state index is 0.146. The lowest BCUT2D eigenvalue weighted by Crippen LogP contribution is -2.58. The maximum absolute atomic E-state index is 6.21. The topological polar surface area (TPSA) is 38.5 Å². The molecule has 1 aliphatic carbocycles. The Hall–Kier alpha value is -0.420. The van der Waals surface area contributed by atoms with Gasteiger partial charge in [0.05, 0.1) is 6.10 Å². The molecule has 0 saturated heterocycles. The molecule has 4 heteroatoms. The molecule has 1 heterocycles. The summed E-state index contributed by atoms with van der Waals surface area (Å²) in [6, 6.07) is 4.88. The van der Waals surface area contributed by atoms with Gasteiger partial charge in [-0.25, -0.2) is 0 Å². The molecular formula is C16H28N2OS. The van der Waals surface area contributed by atoms with E-state index in [0.717, 1.165) is 38.8 Å². The van der Waals surface area contributed by atoms with Crippen LogP contribution in [0.5, 0.6) is 0 Å². The number of hydrogen-bond acceptors (Lipinski definition) is 4. The van der Waals surface area contributed by atoms with Crippen molar-refractivity contribution < 1.29 is 4.74 Å². The summed E-state index contributed by atoms with van der Waals surface area (Å²) in [5, 5.41) is 2.16. The summed E-state index contributed by atoms with van der Waals surface area (Å²) in [6.07, 6.45) is 4.96. The van der Waals surface area contributed by atoms with Crippen molar-refractivity contribution in [3.05, 3.63) is 22.4 Å². The molecule has 114 valence electrons. The van der Waals surface area contributed by atoms with E-state index in [-0.39, 0.29) is 5.54 Å². The molecule has 1 saturated carbocycles. The van der Waals surface area contributed by atoms with Crippen molar-refractivity contribution in [1.82, 2.24) is 4.90 Å². The number of hydrogen-bond donors (Lipinski definition) is 1.